The van der Waals surface area contributed by atoms with Crippen molar-refractivity contribution in [2.24, 2.45) is 0 Å². The summed E-state index contributed by atoms with van der Waals surface area (Å²) in [6, 6.07) is 15.3. The normalized spacial score (nSPS) is 15.3. The number of nitrogens with zero attached hydrogens (tertiary/aromatic N) is 5. The van der Waals surface area contributed by atoms with Gasteiger partial charge in [0.25, 0.3) is 0 Å². The molecule has 0 saturated carbocycles. The number of anilines is 1. The number of imidazole rings is 2. The van der Waals surface area contributed by atoms with Crippen LogP contribution in [0.4, 0.5) is 5.69 Å². The number of aryl methyl sites for hydroxylation is 1. The van der Waals surface area contributed by atoms with Gasteiger partial charge < -0.3 is 14.5 Å². The molecule has 1 fully saturated rings. The molecule has 0 radical (unpaired) electrons. The number of benzene rings is 2. The zero-order valence-corrected chi connectivity index (χ0v) is 21.8. The van der Waals surface area contributed by atoms with Crippen LogP contribution in [0.2, 0.25) is 0 Å². The minimum atomic E-state index is 0.149. The van der Waals surface area contributed by atoms with Crippen LogP contribution < -0.4 is 4.90 Å². The summed E-state index contributed by atoms with van der Waals surface area (Å²) in [6.07, 6.45) is 3.19. The number of hydrogen-bond donors (Lipinski definition) is 1. The van der Waals surface area contributed by atoms with E-state index in [0.29, 0.717) is 0 Å². The van der Waals surface area contributed by atoms with Gasteiger partial charge in [0.2, 0.25) is 0 Å². The first-order valence-corrected chi connectivity index (χ1v) is 12.9. The Hall–Kier alpha value is -3.12. The number of H-pyrrole nitrogens is 1. The van der Waals surface area contributed by atoms with Crippen molar-refractivity contribution in [1.82, 2.24) is 24.4 Å². The van der Waals surface area contributed by atoms with Crippen LogP contribution in [0, 0.1) is 6.92 Å². The van der Waals surface area contributed by atoms with Crippen molar-refractivity contribution in [2.45, 2.75) is 59.5 Å². The topological polar surface area (TPSA) is 53.0 Å². The lowest BCUT2D eigenvalue weighted by molar-refractivity contribution is 0.243. The van der Waals surface area contributed by atoms with Gasteiger partial charge in [-0.1, -0.05) is 58.0 Å². The Balaban J connectivity index is 1.31. The summed E-state index contributed by atoms with van der Waals surface area (Å²) in [5.41, 5.74) is 7.33. The first-order valence-electron chi connectivity index (χ1n) is 12.9. The Morgan fingerprint density at radius 2 is 1.71 bits per heavy atom. The van der Waals surface area contributed by atoms with E-state index in [4.69, 9.17) is 4.98 Å². The summed E-state index contributed by atoms with van der Waals surface area (Å²) < 4.78 is 2.37. The fraction of sp³-hybridized carbons (Fsp3) is 0.448. The number of fused-ring (bicyclic) bond motifs is 1. The monoisotopic (exact) mass is 470 g/mol. The van der Waals surface area contributed by atoms with Crippen molar-refractivity contribution < 1.29 is 0 Å². The third-order valence-corrected chi connectivity index (χ3v) is 7.20. The molecule has 35 heavy (non-hydrogen) atoms. The third-order valence-electron chi connectivity index (χ3n) is 7.20. The molecule has 0 aliphatic carbocycles. The molecule has 1 aliphatic rings. The number of rotatable bonds is 6. The van der Waals surface area contributed by atoms with Gasteiger partial charge in [-0.05, 0) is 36.5 Å². The summed E-state index contributed by atoms with van der Waals surface area (Å²) >= 11 is 0. The number of aromatic nitrogens is 4. The van der Waals surface area contributed by atoms with Crippen LogP contribution in [-0.2, 0) is 18.5 Å². The van der Waals surface area contributed by atoms with Gasteiger partial charge in [0.1, 0.15) is 17.2 Å². The van der Waals surface area contributed by atoms with Crippen molar-refractivity contribution >= 4 is 16.7 Å². The van der Waals surface area contributed by atoms with Gasteiger partial charge in [-0.15, -0.1) is 0 Å². The molecule has 0 bridgehead atoms. The fourth-order valence-electron chi connectivity index (χ4n) is 5.08. The molecule has 1 aliphatic heterocycles. The SMILES string of the molecule is CCCn1c(CN2CCN(c3cccc4[nH]c(-c5ccc(C(C)(C)C)cc5)nc34)CC2)cnc1C. The smallest absolute Gasteiger partial charge is 0.138 e. The summed E-state index contributed by atoms with van der Waals surface area (Å²) in [6.45, 7) is 17.2. The highest BCUT2D eigenvalue weighted by atomic mass is 15.3. The molecule has 1 saturated heterocycles. The predicted molar refractivity (Wildman–Crippen MR) is 145 cm³/mol. The Morgan fingerprint density at radius 1 is 0.971 bits per heavy atom. The van der Waals surface area contributed by atoms with Crippen molar-refractivity contribution in [1.29, 1.82) is 0 Å². The first kappa shape index (κ1) is 23.6. The minimum absolute atomic E-state index is 0.149. The lowest BCUT2D eigenvalue weighted by atomic mass is 9.87. The van der Waals surface area contributed by atoms with Gasteiger partial charge in [-0.25, -0.2) is 9.97 Å². The number of piperazine rings is 1. The van der Waals surface area contributed by atoms with E-state index in [2.05, 4.69) is 108 Å². The molecular weight excluding hydrogens is 432 g/mol. The quantitative estimate of drug-likeness (QED) is 0.389. The number of para-hydroxylation sites is 1. The highest BCUT2D eigenvalue weighted by Crippen LogP contribution is 2.30. The molecule has 0 amide bonds. The van der Waals surface area contributed by atoms with Gasteiger partial charge in [-0.2, -0.15) is 0 Å². The summed E-state index contributed by atoms with van der Waals surface area (Å²) in [5.74, 6) is 2.06. The Morgan fingerprint density at radius 3 is 2.40 bits per heavy atom. The van der Waals surface area contributed by atoms with Gasteiger partial charge >= 0.3 is 0 Å². The molecule has 6 nitrogen and oxygen atoms in total. The standard InChI is InChI=1S/C29H38N6/c1-6-14-35-21(2)30-19-24(35)20-33-15-17-34(18-16-33)26-9-7-8-25-27(26)32-28(31-25)22-10-12-23(13-11-22)29(3,4)5/h7-13,19H,6,14-18,20H2,1-5H3,(H,31,32). The van der Waals surface area contributed by atoms with Crippen LogP contribution in [0.3, 0.4) is 0 Å². The minimum Gasteiger partial charge on any atom is -0.367 e. The molecule has 0 spiro atoms. The molecule has 184 valence electrons. The van der Waals surface area contributed by atoms with Crippen molar-refractivity contribution in [2.75, 3.05) is 31.1 Å². The van der Waals surface area contributed by atoms with Gasteiger partial charge in [0.05, 0.1) is 16.9 Å². The molecule has 2 aromatic heterocycles. The molecule has 3 heterocycles. The molecule has 4 aromatic rings. The average molecular weight is 471 g/mol. The summed E-state index contributed by atoms with van der Waals surface area (Å²) in [5, 5.41) is 0. The van der Waals surface area contributed by atoms with E-state index < -0.39 is 0 Å². The van der Waals surface area contributed by atoms with Gasteiger partial charge in [0, 0.05) is 51.0 Å². The zero-order chi connectivity index (χ0) is 24.6. The summed E-state index contributed by atoms with van der Waals surface area (Å²) in [7, 11) is 0. The predicted octanol–water partition coefficient (Wildman–Crippen LogP) is 5.76. The van der Waals surface area contributed by atoms with E-state index >= 15 is 0 Å². The number of aromatic amines is 1. The molecule has 1 N–H and O–H groups in total. The van der Waals surface area contributed by atoms with Crippen LogP contribution in [0.25, 0.3) is 22.4 Å². The second-order valence-corrected chi connectivity index (χ2v) is 10.8. The van der Waals surface area contributed by atoms with Crippen LogP contribution in [-0.4, -0.2) is 50.6 Å². The average Bonchev–Trinajstić information content (AvgIpc) is 3.43. The zero-order valence-electron chi connectivity index (χ0n) is 21.8. The summed E-state index contributed by atoms with van der Waals surface area (Å²) in [4.78, 5) is 18.2. The van der Waals surface area contributed by atoms with Crippen LogP contribution in [0.1, 0.15) is 51.2 Å². The molecule has 6 heteroatoms. The van der Waals surface area contributed by atoms with E-state index in [1.807, 2.05) is 0 Å². The molecule has 5 rings (SSSR count). The van der Waals surface area contributed by atoms with E-state index in [0.717, 1.165) is 73.9 Å². The lowest BCUT2D eigenvalue weighted by Crippen LogP contribution is -2.46. The Bertz CT molecular complexity index is 1280. The van der Waals surface area contributed by atoms with E-state index in [9.17, 15) is 0 Å². The first-order chi connectivity index (χ1) is 16.8. The molecule has 0 atom stereocenters. The number of hydrogen-bond acceptors (Lipinski definition) is 4. The fourth-order valence-corrected chi connectivity index (χ4v) is 5.08. The largest absolute Gasteiger partial charge is 0.367 e. The highest BCUT2D eigenvalue weighted by molar-refractivity contribution is 5.91. The van der Waals surface area contributed by atoms with Crippen molar-refractivity contribution in [3.8, 4) is 11.4 Å². The molecule has 0 unspecified atom stereocenters. The molecule has 2 aromatic carbocycles. The molecular formula is C29H38N6. The van der Waals surface area contributed by atoms with Crippen LogP contribution >= 0.6 is 0 Å². The van der Waals surface area contributed by atoms with E-state index in [1.54, 1.807) is 0 Å². The van der Waals surface area contributed by atoms with E-state index in [1.165, 1.54) is 16.9 Å². The van der Waals surface area contributed by atoms with Crippen molar-refractivity contribution in [3.05, 3.63) is 65.7 Å². The van der Waals surface area contributed by atoms with Gasteiger partial charge in [0.15, 0.2) is 0 Å². The van der Waals surface area contributed by atoms with Crippen molar-refractivity contribution in [3.63, 3.8) is 0 Å². The number of nitrogens with one attached hydrogen (secondary N) is 1. The Kier molecular flexibility index (Phi) is 6.41. The maximum atomic E-state index is 5.05. The van der Waals surface area contributed by atoms with E-state index in [-0.39, 0.29) is 5.41 Å². The second kappa shape index (κ2) is 9.50. The second-order valence-electron chi connectivity index (χ2n) is 10.8. The Labute approximate surface area is 209 Å². The maximum absolute atomic E-state index is 5.05. The lowest BCUT2D eigenvalue weighted by Gasteiger charge is -2.36. The van der Waals surface area contributed by atoms with Crippen LogP contribution in [0.5, 0.6) is 0 Å². The highest BCUT2D eigenvalue weighted by Gasteiger charge is 2.22. The van der Waals surface area contributed by atoms with Gasteiger partial charge in [-0.3, -0.25) is 4.90 Å². The van der Waals surface area contributed by atoms with Crippen LogP contribution in [0.15, 0.2) is 48.7 Å². The maximum Gasteiger partial charge on any atom is 0.138 e. The third kappa shape index (κ3) is 4.85.